The van der Waals surface area contributed by atoms with Gasteiger partial charge in [-0.25, -0.2) is 0 Å². The van der Waals surface area contributed by atoms with Crippen LogP contribution in [0.3, 0.4) is 0 Å². The second-order valence-corrected chi connectivity index (χ2v) is 4.27. The molecule has 2 aromatic rings. The number of hydrogen-bond donors (Lipinski definition) is 2. The Balaban J connectivity index is 1.91. The summed E-state index contributed by atoms with van der Waals surface area (Å²) in [5.74, 6) is 0. The van der Waals surface area contributed by atoms with Crippen molar-refractivity contribution in [2.24, 2.45) is 7.05 Å². The fourth-order valence-electron chi connectivity index (χ4n) is 1.77. The van der Waals surface area contributed by atoms with Gasteiger partial charge in [0, 0.05) is 31.2 Å². The third-order valence-corrected chi connectivity index (χ3v) is 2.75. The summed E-state index contributed by atoms with van der Waals surface area (Å²) in [5, 5.41) is 7.54. The number of nitrogens with zero attached hydrogens (tertiary/aromatic N) is 2. The van der Waals surface area contributed by atoms with Crippen molar-refractivity contribution in [1.82, 2.24) is 9.78 Å². The predicted octanol–water partition coefficient (Wildman–Crippen LogP) is 1.97. The summed E-state index contributed by atoms with van der Waals surface area (Å²) < 4.78 is 1.82. The largest absolute Gasteiger partial charge is 0.399 e. The van der Waals surface area contributed by atoms with E-state index in [-0.39, 0.29) is 0 Å². The molecule has 4 heteroatoms. The molecule has 3 N–H and O–H groups in total. The van der Waals surface area contributed by atoms with Gasteiger partial charge in [0.1, 0.15) is 0 Å². The first kappa shape index (κ1) is 11.5. The number of rotatable bonds is 4. The Morgan fingerprint density at radius 1 is 1.41 bits per heavy atom. The maximum absolute atomic E-state index is 5.76. The lowest BCUT2D eigenvalue weighted by molar-refractivity contribution is 0.767. The predicted molar refractivity (Wildman–Crippen MR) is 71.0 cm³/mol. The normalized spacial score (nSPS) is 10.5. The van der Waals surface area contributed by atoms with E-state index in [2.05, 4.69) is 17.3 Å². The molecule has 4 nitrogen and oxygen atoms in total. The molecule has 0 aliphatic carbocycles. The molecule has 0 saturated carbocycles. The fourth-order valence-corrected chi connectivity index (χ4v) is 1.77. The van der Waals surface area contributed by atoms with Gasteiger partial charge in [-0.05, 0) is 36.6 Å². The zero-order valence-electron chi connectivity index (χ0n) is 10.3. The van der Waals surface area contributed by atoms with Crippen molar-refractivity contribution in [1.29, 1.82) is 0 Å². The molecule has 0 bridgehead atoms. The second kappa shape index (κ2) is 4.91. The highest BCUT2D eigenvalue weighted by atomic mass is 15.2. The van der Waals surface area contributed by atoms with Gasteiger partial charge in [0.2, 0.25) is 0 Å². The summed E-state index contributed by atoms with van der Waals surface area (Å²) in [6.45, 7) is 2.96. The highest BCUT2D eigenvalue weighted by Gasteiger charge is 1.99. The van der Waals surface area contributed by atoms with Crippen molar-refractivity contribution in [2.75, 3.05) is 17.6 Å². The molecular weight excluding hydrogens is 212 g/mol. The Bertz CT molecular complexity index is 502. The third kappa shape index (κ3) is 3.00. The monoisotopic (exact) mass is 230 g/mol. The zero-order chi connectivity index (χ0) is 12.3. The minimum atomic E-state index is 0.791. The molecule has 0 aliphatic heterocycles. The Kier molecular flexibility index (Phi) is 3.32. The topological polar surface area (TPSA) is 55.9 Å². The van der Waals surface area contributed by atoms with E-state index in [4.69, 9.17) is 5.73 Å². The Hall–Kier alpha value is -1.97. The Morgan fingerprint density at radius 3 is 2.94 bits per heavy atom. The summed E-state index contributed by atoms with van der Waals surface area (Å²) in [7, 11) is 1.93. The lowest BCUT2D eigenvalue weighted by Gasteiger charge is -2.09. The number of benzene rings is 1. The number of aromatic nitrogens is 2. The van der Waals surface area contributed by atoms with E-state index in [0.717, 1.165) is 24.3 Å². The van der Waals surface area contributed by atoms with Gasteiger partial charge in [0.25, 0.3) is 0 Å². The molecule has 0 fully saturated rings. The summed E-state index contributed by atoms with van der Waals surface area (Å²) in [6.07, 6.45) is 4.89. The molecule has 0 spiro atoms. The molecule has 0 amide bonds. The maximum Gasteiger partial charge on any atom is 0.0522 e. The van der Waals surface area contributed by atoms with Crippen molar-refractivity contribution in [3.8, 4) is 0 Å². The quantitative estimate of drug-likeness (QED) is 0.789. The minimum absolute atomic E-state index is 0.791. The molecule has 0 unspecified atom stereocenters. The number of aryl methyl sites for hydroxylation is 2. The zero-order valence-corrected chi connectivity index (χ0v) is 10.3. The third-order valence-electron chi connectivity index (χ3n) is 2.75. The van der Waals surface area contributed by atoms with Crippen LogP contribution in [0.15, 0.2) is 30.6 Å². The van der Waals surface area contributed by atoms with Crippen molar-refractivity contribution >= 4 is 11.4 Å². The van der Waals surface area contributed by atoms with Crippen molar-refractivity contribution in [3.63, 3.8) is 0 Å². The van der Waals surface area contributed by atoms with Crippen LogP contribution in [-0.2, 0) is 13.5 Å². The summed E-state index contributed by atoms with van der Waals surface area (Å²) in [5.41, 5.74) is 10.1. The van der Waals surface area contributed by atoms with Crippen LogP contribution in [0, 0.1) is 6.92 Å². The van der Waals surface area contributed by atoms with Crippen LogP contribution in [0.4, 0.5) is 11.4 Å². The van der Waals surface area contributed by atoms with E-state index >= 15 is 0 Å². The fraction of sp³-hybridized carbons (Fsp3) is 0.308. The first-order valence-electron chi connectivity index (χ1n) is 5.72. The smallest absolute Gasteiger partial charge is 0.0522 e. The van der Waals surface area contributed by atoms with Gasteiger partial charge in [-0.1, -0.05) is 6.07 Å². The van der Waals surface area contributed by atoms with Gasteiger partial charge in [-0.2, -0.15) is 5.10 Å². The van der Waals surface area contributed by atoms with Gasteiger partial charge in [-0.15, -0.1) is 0 Å². The van der Waals surface area contributed by atoms with Gasteiger partial charge in [0.15, 0.2) is 0 Å². The molecule has 0 radical (unpaired) electrons. The van der Waals surface area contributed by atoms with E-state index in [1.807, 2.05) is 42.3 Å². The minimum Gasteiger partial charge on any atom is -0.399 e. The van der Waals surface area contributed by atoms with E-state index in [9.17, 15) is 0 Å². The van der Waals surface area contributed by atoms with Crippen LogP contribution < -0.4 is 11.1 Å². The number of anilines is 2. The molecule has 0 aliphatic rings. The summed E-state index contributed by atoms with van der Waals surface area (Å²) >= 11 is 0. The van der Waals surface area contributed by atoms with E-state index in [1.165, 1.54) is 11.1 Å². The van der Waals surface area contributed by atoms with Gasteiger partial charge >= 0.3 is 0 Å². The van der Waals surface area contributed by atoms with E-state index in [0.29, 0.717) is 0 Å². The van der Waals surface area contributed by atoms with E-state index in [1.54, 1.807) is 0 Å². The Labute approximate surface area is 101 Å². The molecule has 0 atom stereocenters. The molecule has 90 valence electrons. The number of hydrogen-bond acceptors (Lipinski definition) is 3. The average molecular weight is 230 g/mol. The SMILES string of the molecule is Cc1ccc(N)cc1NCCc1cnn(C)c1. The maximum atomic E-state index is 5.76. The first-order chi connectivity index (χ1) is 8.15. The van der Waals surface area contributed by atoms with Crippen LogP contribution in [0.25, 0.3) is 0 Å². The highest BCUT2D eigenvalue weighted by Crippen LogP contribution is 2.17. The van der Waals surface area contributed by atoms with Crippen LogP contribution in [0.5, 0.6) is 0 Å². The molecular formula is C13H18N4. The molecule has 0 saturated heterocycles. The molecule has 1 heterocycles. The van der Waals surface area contributed by atoms with Crippen LogP contribution in [0.2, 0.25) is 0 Å². The lowest BCUT2D eigenvalue weighted by atomic mass is 10.1. The summed E-state index contributed by atoms with van der Waals surface area (Å²) in [6, 6.07) is 5.92. The number of nitrogens with one attached hydrogen (secondary N) is 1. The molecule has 1 aromatic heterocycles. The molecule has 1 aromatic carbocycles. The van der Waals surface area contributed by atoms with Crippen LogP contribution >= 0.6 is 0 Å². The van der Waals surface area contributed by atoms with Crippen molar-refractivity contribution < 1.29 is 0 Å². The van der Waals surface area contributed by atoms with Crippen molar-refractivity contribution in [3.05, 3.63) is 41.7 Å². The number of nitrogen functional groups attached to an aromatic ring is 1. The highest BCUT2D eigenvalue weighted by molar-refractivity contribution is 5.59. The lowest BCUT2D eigenvalue weighted by Crippen LogP contribution is -2.06. The average Bonchev–Trinajstić information content (AvgIpc) is 2.69. The van der Waals surface area contributed by atoms with Crippen LogP contribution in [0.1, 0.15) is 11.1 Å². The standard InChI is InChI=1S/C13H18N4/c1-10-3-4-12(14)7-13(10)15-6-5-11-8-16-17(2)9-11/h3-4,7-9,15H,5-6,14H2,1-2H3. The number of nitrogens with two attached hydrogens (primary N) is 1. The van der Waals surface area contributed by atoms with Gasteiger partial charge in [0.05, 0.1) is 6.20 Å². The first-order valence-corrected chi connectivity index (χ1v) is 5.72. The van der Waals surface area contributed by atoms with Crippen molar-refractivity contribution in [2.45, 2.75) is 13.3 Å². The Morgan fingerprint density at radius 2 is 2.24 bits per heavy atom. The van der Waals surface area contributed by atoms with E-state index < -0.39 is 0 Å². The van der Waals surface area contributed by atoms with Gasteiger partial charge < -0.3 is 11.1 Å². The molecule has 17 heavy (non-hydrogen) atoms. The second-order valence-electron chi connectivity index (χ2n) is 4.27. The van der Waals surface area contributed by atoms with Crippen LogP contribution in [-0.4, -0.2) is 16.3 Å². The summed E-state index contributed by atoms with van der Waals surface area (Å²) in [4.78, 5) is 0. The molecule has 2 rings (SSSR count). The van der Waals surface area contributed by atoms with Gasteiger partial charge in [-0.3, -0.25) is 4.68 Å².